The van der Waals surface area contributed by atoms with E-state index in [0.717, 1.165) is 63.5 Å². The average molecular weight is 371 g/mol. The van der Waals surface area contributed by atoms with Crippen LogP contribution in [0.2, 0.25) is 0 Å². The molecule has 1 saturated heterocycles. The normalized spacial score (nSPS) is 20.2. The number of β-amino-alcohol motifs (C(OH)–C–C–N with tert-alkyl or cyclic N) is 1. The molecule has 2 aromatic heterocycles. The van der Waals surface area contributed by atoms with Crippen LogP contribution >= 0.6 is 0 Å². The van der Waals surface area contributed by atoms with Crippen molar-refractivity contribution in [3.05, 3.63) is 29.2 Å². The number of aliphatic hydroxyl groups is 1. The Morgan fingerprint density at radius 1 is 1.26 bits per heavy atom. The summed E-state index contributed by atoms with van der Waals surface area (Å²) in [5.74, 6) is 2.19. The summed E-state index contributed by atoms with van der Waals surface area (Å²) in [6.45, 7) is 7.76. The molecule has 0 bridgehead atoms. The van der Waals surface area contributed by atoms with Crippen LogP contribution in [0.25, 0.3) is 0 Å². The van der Waals surface area contributed by atoms with Gasteiger partial charge in [-0.1, -0.05) is 13.8 Å². The zero-order valence-electron chi connectivity index (χ0n) is 16.4. The van der Waals surface area contributed by atoms with Gasteiger partial charge in [0.2, 0.25) is 5.95 Å². The Hall–Kier alpha value is -2.15. The summed E-state index contributed by atoms with van der Waals surface area (Å²) < 4.78 is 0. The number of aromatic amines is 1. The van der Waals surface area contributed by atoms with Crippen LogP contribution in [0.15, 0.2) is 12.3 Å². The predicted octanol–water partition coefficient (Wildman–Crippen LogP) is 2.63. The zero-order chi connectivity index (χ0) is 18.8. The number of fused-ring (bicyclic) bond motifs is 1. The number of hydrogen-bond acceptors (Lipinski definition) is 6. The molecule has 7 heteroatoms. The Kier molecular flexibility index (Phi) is 5.29. The highest BCUT2D eigenvalue weighted by Gasteiger charge is 2.27. The molecule has 2 N–H and O–H groups in total. The quantitative estimate of drug-likeness (QED) is 0.842. The Morgan fingerprint density at radius 2 is 2.11 bits per heavy atom. The molecule has 0 unspecified atom stereocenters. The summed E-state index contributed by atoms with van der Waals surface area (Å²) in [6.07, 6.45) is 6.62. The monoisotopic (exact) mass is 370 g/mol. The van der Waals surface area contributed by atoms with Crippen LogP contribution in [0.5, 0.6) is 0 Å². The molecule has 2 aromatic rings. The van der Waals surface area contributed by atoms with Gasteiger partial charge in [-0.3, -0.25) is 5.10 Å². The maximum atomic E-state index is 9.97. The minimum absolute atomic E-state index is 0.261. The minimum atomic E-state index is -0.261. The third kappa shape index (κ3) is 3.65. The van der Waals surface area contributed by atoms with E-state index in [0.29, 0.717) is 12.5 Å². The molecule has 4 rings (SSSR count). The first-order valence-electron chi connectivity index (χ1n) is 10.3. The second kappa shape index (κ2) is 7.84. The summed E-state index contributed by atoms with van der Waals surface area (Å²) in [5.41, 5.74) is 3.82. The highest BCUT2D eigenvalue weighted by Crippen LogP contribution is 2.31. The smallest absolute Gasteiger partial charge is 0.227 e. The average Bonchev–Trinajstić information content (AvgIpc) is 3.12. The van der Waals surface area contributed by atoms with Crippen LogP contribution in [-0.2, 0) is 13.0 Å². The van der Waals surface area contributed by atoms with Crippen LogP contribution < -0.4 is 9.80 Å². The molecule has 4 heterocycles. The van der Waals surface area contributed by atoms with Gasteiger partial charge in [-0.05, 0) is 31.7 Å². The van der Waals surface area contributed by atoms with Crippen molar-refractivity contribution in [2.75, 3.05) is 29.4 Å². The number of hydrogen-bond donors (Lipinski definition) is 2. The van der Waals surface area contributed by atoms with Crippen molar-refractivity contribution in [3.8, 4) is 0 Å². The van der Waals surface area contributed by atoms with E-state index in [-0.39, 0.29) is 6.10 Å². The maximum Gasteiger partial charge on any atom is 0.227 e. The summed E-state index contributed by atoms with van der Waals surface area (Å²) in [7, 11) is 0. The van der Waals surface area contributed by atoms with E-state index in [1.165, 1.54) is 17.0 Å². The van der Waals surface area contributed by atoms with Gasteiger partial charge in [0, 0.05) is 56.0 Å². The molecule has 146 valence electrons. The van der Waals surface area contributed by atoms with Gasteiger partial charge in [-0.15, -0.1) is 0 Å². The van der Waals surface area contributed by atoms with E-state index >= 15 is 0 Å². The number of piperidine rings is 1. The Balaban J connectivity index is 1.55. The number of nitrogens with zero attached hydrogens (tertiary/aromatic N) is 5. The van der Waals surface area contributed by atoms with E-state index in [4.69, 9.17) is 4.98 Å². The lowest BCUT2D eigenvalue weighted by molar-refractivity contribution is 0.154. The molecular formula is C20H30N6O. The highest BCUT2D eigenvalue weighted by molar-refractivity contribution is 5.46. The van der Waals surface area contributed by atoms with Crippen LogP contribution in [0.1, 0.15) is 62.4 Å². The van der Waals surface area contributed by atoms with E-state index < -0.39 is 0 Å². The maximum absolute atomic E-state index is 9.97. The number of nitrogens with one attached hydrogen (secondary N) is 1. The van der Waals surface area contributed by atoms with Gasteiger partial charge >= 0.3 is 0 Å². The van der Waals surface area contributed by atoms with Gasteiger partial charge in [-0.2, -0.15) is 10.1 Å². The fraction of sp³-hybridized carbons (Fsp3) is 0.650. The fourth-order valence-corrected chi connectivity index (χ4v) is 4.33. The molecule has 1 atom stereocenters. The Morgan fingerprint density at radius 3 is 2.89 bits per heavy atom. The van der Waals surface area contributed by atoms with Crippen LogP contribution in [0, 0.1) is 0 Å². The van der Waals surface area contributed by atoms with E-state index in [1.807, 2.05) is 12.3 Å². The van der Waals surface area contributed by atoms with Gasteiger partial charge in [0.1, 0.15) is 5.82 Å². The SMILES string of the molecule is CCC(CC)c1n[nH]c2c1CN(c1nccc(N3CCC[C@H](O)C3)n1)CC2. The van der Waals surface area contributed by atoms with Gasteiger partial charge in [-0.25, -0.2) is 4.98 Å². The van der Waals surface area contributed by atoms with Crippen LogP contribution in [0.4, 0.5) is 11.8 Å². The molecule has 0 amide bonds. The lowest BCUT2D eigenvalue weighted by Crippen LogP contribution is -2.39. The topological polar surface area (TPSA) is 81.2 Å². The summed E-state index contributed by atoms with van der Waals surface area (Å²) >= 11 is 0. The van der Waals surface area contributed by atoms with Crippen molar-refractivity contribution in [1.82, 2.24) is 20.2 Å². The lowest BCUT2D eigenvalue weighted by atomic mass is 9.93. The molecular weight excluding hydrogens is 340 g/mol. The predicted molar refractivity (Wildman–Crippen MR) is 106 cm³/mol. The lowest BCUT2D eigenvalue weighted by Gasteiger charge is -2.32. The summed E-state index contributed by atoms with van der Waals surface area (Å²) in [5, 5.41) is 17.9. The second-order valence-corrected chi connectivity index (χ2v) is 7.71. The van der Waals surface area contributed by atoms with E-state index in [2.05, 4.69) is 38.8 Å². The van der Waals surface area contributed by atoms with Crippen molar-refractivity contribution in [1.29, 1.82) is 0 Å². The number of anilines is 2. The number of rotatable bonds is 5. The van der Waals surface area contributed by atoms with Crippen LogP contribution in [-0.4, -0.2) is 51.0 Å². The van der Waals surface area contributed by atoms with Crippen molar-refractivity contribution < 1.29 is 5.11 Å². The van der Waals surface area contributed by atoms with Crippen LogP contribution in [0.3, 0.4) is 0 Å². The molecule has 2 aliphatic heterocycles. The molecule has 0 spiro atoms. The zero-order valence-corrected chi connectivity index (χ0v) is 16.4. The molecule has 27 heavy (non-hydrogen) atoms. The first-order valence-corrected chi connectivity index (χ1v) is 10.3. The minimum Gasteiger partial charge on any atom is -0.391 e. The number of aromatic nitrogens is 4. The molecule has 0 radical (unpaired) electrons. The number of H-pyrrole nitrogens is 1. The molecule has 1 fully saturated rings. The molecule has 7 nitrogen and oxygen atoms in total. The van der Waals surface area contributed by atoms with Gasteiger partial charge in [0.15, 0.2) is 0 Å². The van der Waals surface area contributed by atoms with Gasteiger partial charge < -0.3 is 14.9 Å². The molecule has 0 aromatic carbocycles. The van der Waals surface area contributed by atoms with Gasteiger partial charge in [0.25, 0.3) is 0 Å². The third-order valence-electron chi connectivity index (χ3n) is 5.97. The largest absolute Gasteiger partial charge is 0.391 e. The summed E-state index contributed by atoms with van der Waals surface area (Å²) in [4.78, 5) is 13.8. The van der Waals surface area contributed by atoms with E-state index in [9.17, 15) is 5.11 Å². The fourth-order valence-electron chi connectivity index (χ4n) is 4.33. The first kappa shape index (κ1) is 18.2. The Labute approximate surface area is 160 Å². The molecule has 2 aliphatic rings. The van der Waals surface area contributed by atoms with Crippen molar-refractivity contribution in [3.63, 3.8) is 0 Å². The number of aliphatic hydroxyl groups excluding tert-OH is 1. The highest BCUT2D eigenvalue weighted by atomic mass is 16.3. The van der Waals surface area contributed by atoms with Crippen molar-refractivity contribution in [2.45, 2.75) is 64.5 Å². The third-order valence-corrected chi connectivity index (χ3v) is 5.97. The van der Waals surface area contributed by atoms with E-state index in [1.54, 1.807) is 0 Å². The summed E-state index contributed by atoms with van der Waals surface area (Å²) in [6, 6.07) is 1.95. The standard InChI is InChI=1S/C20H30N6O/c1-3-14(4-2)19-16-13-26(11-8-17(16)23-24-19)20-21-9-7-18(22-20)25-10-5-6-15(27)12-25/h7,9,14-15,27H,3-6,8,10-13H2,1-2H3,(H,23,24)/t15-/m0/s1. The van der Waals surface area contributed by atoms with Crippen molar-refractivity contribution >= 4 is 11.8 Å². The van der Waals surface area contributed by atoms with Crippen molar-refractivity contribution in [2.24, 2.45) is 0 Å². The first-order chi connectivity index (χ1) is 13.2. The molecule has 0 aliphatic carbocycles. The second-order valence-electron chi connectivity index (χ2n) is 7.71. The van der Waals surface area contributed by atoms with Gasteiger partial charge in [0.05, 0.1) is 11.8 Å². The Bertz CT molecular complexity index is 772. The molecule has 0 saturated carbocycles.